The van der Waals surface area contributed by atoms with Gasteiger partial charge in [-0.05, 0) is 19.3 Å². The molecule has 1 unspecified atom stereocenters. The van der Waals surface area contributed by atoms with E-state index in [1.54, 1.807) is 18.9 Å². The predicted molar refractivity (Wildman–Crippen MR) is 60.2 cm³/mol. The number of amides is 2. The van der Waals surface area contributed by atoms with E-state index in [9.17, 15) is 9.59 Å². The fourth-order valence-corrected chi connectivity index (χ4v) is 1.89. The van der Waals surface area contributed by atoms with Crippen LogP contribution in [0.2, 0.25) is 0 Å². The van der Waals surface area contributed by atoms with E-state index < -0.39 is 11.9 Å². The minimum Gasteiger partial charge on any atom is -0.481 e. The summed E-state index contributed by atoms with van der Waals surface area (Å²) in [7, 11) is 1.66. The van der Waals surface area contributed by atoms with Gasteiger partial charge in [-0.2, -0.15) is 0 Å². The predicted octanol–water partition coefficient (Wildman–Crippen LogP) is 1.24. The topological polar surface area (TPSA) is 60.9 Å². The molecule has 1 fully saturated rings. The van der Waals surface area contributed by atoms with E-state index in [4.69, 9.17) is 5.11 Å². The van der Waals surface area contributed by atoms with Gasteiger partial charge in [-0.25, -0.2) is 4.79 Å². The van der Waals surface area contributed by atoms with Crippen LogP contribution in [0.25, 0.3) is 0 Å². The van der Waals surface area contributed by atoms with Gasteiger partial charge in [0.25, 0.3) is 0 Å². The largest absolute Gasteiger partial charge is 0.481 e. The van der Waals surface area contributed by atoms with Crippen LogP contribution >= 0.6 is 0 Å². The van der Waals surface area contributed by atoms with Crippen molar-refractivity contribution in [3.63, 3.8) is 0 Å². The van der Waals surface area contributed by atoms with E-state index in [1.807, 2.05) is 0 Å². The molecule has 0 aromatic rings. The molecule has 0 spiro atoms. The average molecular weight is 228 g/mol. The molecule has 0 radical (unpaired) electrons. The number of piperidine rings is 1. The van der Waals surface area contributed by atoms with Crippen molar-refractivity contribution in [1.29, 1.82) is 0 Å². The van der Waals surface area contributed by atoms with Gasteiger partial charge in [-0.1, -0.05) is 6.92 Å². The van der Waals surface area contributed by atoms with Gasteiger partial charge in [0.15, 0.2) is 0 Å². The maximum Gasteiger partial charge on any atom is 0.319 e. The SMILES string of the molecule is CC(CN(C)C(=O)N1CCCCC1)C(=O)O. The lowest BCUT2D eigenvalue weighted by Crippen LogP contribution is -2.45. The number of hydrogen-bond acceptors (Lipinski definition) is 2. The van der Waals surface area contributed by atoms with Crippen LogP contribution in [-0.2, 0) is 4.79 Å². The van der Waals surface area contributed by atoms with Crippen molar-refractivity contribution in [2.24, 2.45) is 5.92 Å². The van der Waals surface area contributed by atoms with Crippen LogP contribution in [-0.4, -0.2) is 53.6 Å². The number of likely N-dealkylation sites (tertiary alicyclic amines) is 1. The maximum atomic E-state index is 11.9. The third kappa shape index (κ3) is 3.40. The first-order valence-corrected chi connectivity index (χ1v) is 5.75. The summed E-state index contributed by atoms with van der Waals surface area (Å²) in [6, 6.07) is -0.0483. The summed E-state index contributed by atoms with van der Waals surface area (Å²) >= 11 is 0. The lowest BCUT2D eigenvalue weighted by Gasteiger charge is -2.31. The van der Waals surface area contributed by atoms with Gasteiger partial charge in [0.05, 0.1) is 5.92 Å². The van der Waals surface area contributed by atoms with Crippen LogP contribution in [0, 0.1) is 5.92 Å². The number of urea groups is 1. The van der Waals surface area contributed by atoms with Crippen LogP contribution in [0.1, 0.15) is 26.2 Å². The average Bonchev–Trinajstić information content (AvgIpc) is 2.28. The first-order chi connectivity index (χ1) is 7.52. The molecule has 1 saturated heterocycles. The molecule has 0 bridgehead atoms. The van der Waals surface area contributed by atoms with Crippen molar-refractivity contribution < 1.29 is 14.7 Å². The molecule has 0 saturated carbocycles. The molecule has 1 rings (SSSR count). The molecule has 0 aromatic heterocycles. The zero-order valence-corrected chi connectivity index (χ0v) is 9.98. The van der Waals surface area contributed by atoms with E-state index in [2.05, 4.69) is 0 Å². The normalized spacial score (nSPS) is 18.0. The monoisotopic (exact) mass is 228 g/mol. The smallest absolute Gasteiger partial charge is 0.319 e. The Bertz CT molecular complexity index is 262. The third-order valence-corrected chi connectivity index (χ3v) is 2.92. The first kappa shape index (κ1) is 12.8. The van der Waals surface area contributed by atoms with Crippen molar-refractivity contribution in [2.75, 3.05) is 26.7 Å². The van der Waals surface area contributed by atoms with E-state index in [1.165, 1.54) is 11.3 Å². The Morgan fingerprint density at radius 1 is 1.31 bits per heavy atom. The molecule has 2 amide bonds. The molecule has 5 nitrogen and oxygen atoms in total. The molecule has 1 aliphatic rings. The molecule has 1 heterocycles. The molecule has 1 atom stereocenters. The van der Waals surface area contributed by atoms with Crippen molar-refractivity contribution in [3.05, 3.63) is 0 Å². The Balaban J connectivity index is 2.43. The third-order valence-electron chi connectivity index (χ3n) is 2.92. The van der Waals surface area contributed by atoms with Crippen LogP contribution in [0.5, 0.6) is 0 Å². The van der Waals surface area contributed by atoms with Crippen molar-refractivity contribution in [1.82, 2.24) is 9.80 Å². The highest BCUT2D eigenvalue weighted by Gasteiger charge is 2.22. The number of carbonyl (C=O) groups excluding carboxylic acids is 1. The van der Waals surface area contributed by atoms with Crippen molar-refractivity contribution in [3.8, 4) is 0 Å². The Morgan fingerprint density at radius 2 is 1.88 bits per heavy atom. The zero-order chi connectivity index (χ0) is 12.1. The Morgan fingerprint density at radius 3 is 2.38 bits per heavy atom. The fourth-order valence-electron chi connectivity index (χ4n) is 1.89. The highest BCUT2D eigenvalue weighted by molar-refractivity contribution is 5.76. The van der Waals surface area contributed by atoms with Gasteiger partial charge < -0.3 is 14.9 Å². The minimum absolute atomic E-state index is 0.0483. The second kappa shape index (κ2) is 5.72. The summed E-state index contributed by atoms with van der Waals surface area (Å²) in [6.07, 6.45) is 3.28. The summed E-state index contributed by atoms with van der Waals surface area (Å²) in [5.41, 5.74) is 0. The number of carboxylic acids is 1. The lowest BCUT2D eigenvalue weighted by atomic mass is 10.1. The highest BCUT2D eigenvalue weighted by Crippen LogP contribution is 2.11. The molecule has 0 aromatic carbocycles. The fraction of sp³-hybridized carbons (Fsp3) is 0.818. The van der Waals surface area contributed by atoms with Gasteiger partial charge in [0.1, 0.15) is 0 Å². The van der Waals surface area contributed by atoms with Crippen molar-refractivity contribution in [2.45, 2.75) is 26.2 Å². The Kier molecular flexibility index (Phi) is 4.58. The molecule has 16 heavy (non-hydrogen) atoms. The van der Waals surface area contributed by atoms with Crippen molar-refractivity contribution >= 4 is 12.0 Å². The van der Waals surface area contributed by atoms with E-state index in [-0.39, 0.29) is 12.6 Å². The number of nitrogens with zero attached hydrogens (tertiary/aromatic N) is 2. The van der Waals surface area contributed by atoms with E-state index in [0.717, 1.165) is 25.9 Å². The molecule has 92 valence electrons. The number of carboxylic acid groups (broad SMARTS) is 1. The van der Waals surface area contributed by atoms with Gasteiger partial charge >= 0.3 is 12.0 Å². The van der Waals surface area contributed by atoms with Crippen LogP contribution < -0.4 is 0 Å². The van der Waals surface area contributed by atoms with Crippen LogP contribution in [0.15, 0.2) is 0 Å². The summed E-state index contributed by atoms with van der Waals surface area (Å²) in [6.45, 7) is 3.47. The summed E-state index contributed by atoms with van der Waals surface area (Å²) in [5.74, 6) is -1.38. The van der Waals surface area contributed by atoms with Gasteiger partial charge in [-0.3, -0.25) is 4.79 Å². The van der Waals surface area contributed by atoms with Gasteiger partial charge in [0, 0.05) is 26.7 Å². The first-order valence-electron chi connectivity index (χ1n) is 5.75. The van der Waals surface area contributed by atoms with Crippen LogP contribution in [0.3, 0.4) is 0 Å². The summed E-state index contributed by atoms with van der Waals surface area (Å²) in [4.78, 5) is 25.9. The second-order valence-corrected chi connectivity index (χ2v) is 4.45. The molecular weight excluding hydrogens is 208 g/mol. The van der Waals surface area contributed by atoms with E-state index in [0.29, 0.717) is 0 Å². The quantitative estimate of drug-likeness (QED) is 0.790. The number of aliphatic carboxylic acids is 1. The summed E-state index contributed by atoms with van der Waals surface area (Å²) in [5, 5.41) is 8.77. The highest BCUT2D eigenvalue weighted by atomic mass is 16.4. The molecule has 0 aliphatic carbocycles. The minimum atomic E-state index is -0.863. The maximum absolute atomic E-state index is 11.9. The number of hydrogen-bond donors (Lipinski definition) is 1. The molecule has 5 heteroatoms. The van der Waals surface area contributed by atoms with E-state index >= 15 is 0 Å². The van der Waals surface area contributed by atoms with Crippen LogP contribution in [0.4, 0.5) is 4.79 Å². The Labute approximate surface area is 96.0 Å². The Hall–Kier alpha value is -1.26. The zero-order valence-electron chi connectivity index (χ0n) is 9.98. The van der Waals surface area contributed by atoms with Gasteiger partial charge in [-0.15, -0.1) is 0 Å². The number of rotatable bonds is 3. The second-order valence-electron chi connectivity index (χ2n) is 4.45. The standard InChI is InChI=1S/C11H20N2O3/c1-9(10(14)15)8-12(2)11(16)13-6-4-3-5-7-13/h9H,3-8H2,1-2H3,(H,14,15). The summed E-state index contributed by atoms with van der Waals surface area (Å²) < 4.78 is 0. The lowest BCUT2D eigenvalue weighted by molar-refractivity contribution is -0.141. The van der Waals surface area contributed by atoms with Gasteiger partial charge in [0.2, 0.25) is 0 Å². The molecular formula is C11H20N2O3. The molecule has 1 N–H and O–H groups in total. The molecule has 1 aliphatic heterocycles. The number of carbonyl (C=O) groups is 2.